The number of pyridine rings is 1. The second-order valence-electron chi connectivity index (χ2n) is 11.6. The number of piperidine rings is 1. The zero-order valence-corrected chi connectivity index (χ0v) is 28.4. The third-order valence-corrected chi connectivity index (χ3v) is 9.01. The fourth-order valence-corrected chi connectivity index (χ4v) is 6.60. The first-order chi connectivity index (χ1) is 23.8. The number of amides is 2. The van der Waals surface area contributed by atoms with Crippen LogP contribution in [0.1, 0.15) is 59.5 Å². The number of carbonyl (C=O) groups is 3. The van der Waals surface area contributed by atoms with Crippen molar-refractivity contribution in [2.45, 2.75) is 51.3 Å². The topological polar surface area (TPSA) is 116 Å². The maximum Gasteiger partial charge on any atom is 0.410 e. The van der Waals surface area contributed by atoms with Crippen LogP contribution in [0.25, 0.3) is 16.9 Å². The van der Waals surface area contributed by atoms with Gasteiger partial charge in [-0.15, -0.1) is 0 Å². The number of rotatable bonds is 10. The predicted octanol–water partition coefficient (Wildman–Crippen LogP) is 7.50. The van der Waals surface area contributed by atoms with E-state index < -0.39 is 17.9 Å². The fraction of sp³-hybridized carbons (Fsp3) is 0.270. The van der Waals surface area contributed by atoms with Crippen molar-refractivity contribution in [2.24, 2.45) is 0 Å². The minimum atomic E-state index is -0.991. The lowest BCUT2D eigenvalue weighted by molar-refractivity contribution is -0.145. The van der Waals surface area contributed by atoms with Gasteiger partial charge in [-0.2, -0.15) is 0 Å². The molecule has 0 aliphatic carbocycles. The molecule has 1 fully saturated rings. The van der Waals surface area contributed by atoms with Crippen LogP contribution < -0.4 is 5.32 Å². The van der Waals surface area contributed by atoms with Crippen LogP contribution in [-0.4, -0.2) is 56.6 Å². The number of ether oxygens (including phenoxy) is 2. The van der Waals surface area contributed by atoms with Crippen molar-refractivity contribution in [1.82, 2.24) is 24.8 Å². The van der Waals surface area contributed by atoms with E-state index in [1.165, 1.54) is 0 Å². The highest BCUT2D eigenvalue weighted by Gasteiger charge is 2.34. The molecular formula is C37H35Cl2N5O5. The molecule has 5 aromatic rings. The summed E-state index contributed by atoms with van der Waals surface area (Å²) < 4.78 is 13.0. The average molecular weight is 701 g/mol. The van der Waals surface area contributed by atoms with E-state index in [-0.39, 0.29) is 47.4 Å². The van der Waals surface area contributed by atoms with Crippen molar-refractivity contribution in [3.8, 4) is 5.69 Å². The number of halogens is 2. The minimum Gasteiger partial charge on any atom is -0.464 e. The van der Waals surface area contributed by atoms with Gasteiger partial charge in [-0.1, -0.05) is 71.7 Å². The third kappa shape index (κ3) is 7.71. The molecule has 3 heterocycles. The first-order valence-electron chi connectivity index (χ1n) is 16.2. The molecule has 10 nitrogen and oxygen atoms in total. The van der Waals surface area contributed by atoms with Crippen LogP contribution in [0.3, 0.4) is 0 Å². The lowest BCUT2D eigenvalue weighted by atomic mass is 10.0. The second kappa shape index (κ2) is 15.5. The van der Waals surface area contributed by atoms with Crippen molar-refractivity contribution in [2.75, 3.05) is 13.2 Å². The van der Waals surface area contributed by atoms with Crippen molar-refractivity contribution in [3.63, 3.8) is 0 Å². The molecule has 1 saturated heterocycles. The van der Waals surface area contributed by atoms with Crippen molar-refractivity contribution in [1.29, 1.82) is 0 Å². The van der Waals surface area contributed by atoms with Gasteiger partial charge in [-0.3, -0.25) is 14.3 Å². The summed E-state index contributed by atoms with van der Waals surface area (Å²) in [6, 6.07) is 24.3. The molecular weight excluding hydrogens is 665 g/mol. The highest BCUT2D eigenvalue weighted by Crippen LogP contribution is 2.34. The zero-order chi connectivity index (χ0) is 34.3. The van der Waals surface area contributed by atoms with E-state index in [4.69, 9.17) is 37.7 Å². The summed E-state index contributed by atoms with van der Waals surface area (Å²) in [5.74, 6) is -0.469. The minimum absolute atomic E-state index is 0.0863. The number of hydrogen-bond donors (Lipinski definition) is 1. The Morgan fingerprint density at radius 2 is 1.65 bits per heavy atom. The van der Waals surface area contributed by atoms with Crippen LogP contribution in [-0.2, 0) is 27.3 Å². The van der Waals surface area contributed by atoms with Gasteiger partial charge < -0.3 is 14.8 Å². The number of esters is 1. The van der Waals surface area contributed by atoms with Gasteiger partial charge in [0.2, 0.25) is 0 Å². The average Bonchev–Trinajstić information content (AvgIpc) is 3.51. The third-order valence-electron chi connectivity index (χ3n) is 8.38. The number of aromatic nitrogens is 3. The van der Waals surface area contributed by atoms with E-state index in [9.17, 15) is 14.4 Å². The molecule has 0 unspecified atom stereocenters. The molecule has 6 rings (SSSR count). The number of benzene rings is 3. The van der Waals surface area contributed by atoms with E-state index in [0.717, 1.165) is 36.1 Å². The Morgan fingerprint density at radius 1 is 0.898 bits per heavy atom. The van der Waals surface area contributed by atoms with E-state index in [1.54, 1.807) is 36.2 Å². The monoisotopic (exact) mass is 699 g/mol. The molecule has 0 bridgehead atoms. The van der Waals surface area contributed by atoms with Gasteiger partial charge >= 0.3 is 12.1 Å². The van der Waals surface area contributed by atoms with Gasteiger partial charge in [-0.25, -0.2) is 19.6 Å². The zero-order valence-electron chi connectivity index (χ0n) is 26.9. The fourth-order valence-electron chi connectivity index (χ4n) is 6.03. The number of likely N-dealkylation sites (tertiary alicyclic amines) is 1. The molecule has 3 aromatic carbocycles. The van der Waals surface area contributed by atoms with Gasteiger partial charge in [0.25, 0.3) is 5.91 Å². The molecule has 0 saturated carbocycles. The molecule has 0 radical (unpaired) electrons. The van der Waals surface area contributed by atoms with Crippen LogP contribution in [0.2, 0.25) is 10.0 Å². The number of fused-ring (bicyclic) bond motifs is 1. The van der Waals surface area contributed by atoms with Crippen LogP contribution in [0, 0.1) is 0 Å². The van der Waals surface area contributed by atoms with Gasteiger partial charge in [0.05, 0.1) is 28.3 Å². The van der Waals surface area contributed by atoms with Crippen molar-refractivity contribution < 1.29 is 23.9 Å². The van der Waals surface area contributed by atoms with Crippen molar-refractivity contribution >= 4 is 52.3 Å². The number of carbonyl (C=O) groups excluding carboxylic acids is 3. The summed E-state index contributed by atoms with van der Waals surface area (Å²) in [6.07, 6.45) is 4.00. The number of nitrogens with one attached hydrogen (secondary N) is 1. The van der Waals surface area contributed by atoms with E-state index >= 15 is 0 Å². The molecule has 2 aromatic heterocycles. The number of nitrogens with zero attached hydrogens (tertiary/aromatic N) is 4. The van der Waals surface area contributed by atoms with Gasteiger partial charge in [-0.05, 0) is 73.7 Å². The molecule has 12 heteroatoms. The Kier molecular flexibility index (Phi) is 10.8. The van der Waals surface area contributed by atoms with Crippen molar-refractivity contribution in [3.05, 3.63) is 124 Å². The highest BCUT2D eigenvalue weighted by atomic mass is 35.5. The Bertz CT molecular complexity index is 1930. The summed E-state index contributed by atoms with van der Waals surface area (Å²) in [4.78, 5) is 50.9. The maximum absolute atomic E-state index is 13.4. The molecule has 252 valence electrons. The first kappa shape index (κ1) is 34.0. The Morgan fingerprint density at radius 3 is 2.39 bits per heavy atom. The van der Waals surface area contributed by atoms with Gasteiger partial charge in [0.15, 0.2) is 5.65 Å². The normalized spacial score (nSPS) is 15.1. The lowest BCUT2D eigenvalue weighted by Gasteiger charge is -2.34. The summed E-state index contributed by atoms with van der Waals surface area (Å²) in [5.41, 5.74) is 3.91. The van der Waals surface area contributed by atoms with E-state index in [1.807, 2.05) is 71.3 Å². The molecule has 1 aliphatic heterocycles. The van der Waals surface area contributed by atoms with Crippen LogP contribution in [0.15, 0.2) is 91.1 Å². The summed E-state index contributed by atoms with van der Waals surface area (Å²) in [7, 11) is 0. The summed E-state index contributed by atoms with van der Waals surface area (Å²) in [6.45, 7) is 2.59. The quantitative estimate of drug-likeness (QED) is 0.150. The largest absolute Gasteiger partial charge is 0.464 e. The summed E-state index contributed by atoms with van der Waals surface area (Å²) in [5, 5.41) is 3.10. The second-order valence-corrected chi connectivity index (χ2v) is 12.5. The van der Waals surface area contributed by atoms with Gasteiger partial charge in [0.1, 0.15) is 24.0 Å². The Balaban J connectivity index is 1.27. The maximum atomic E-state index is 13.4. The summed E-state index contributed by atoms with van der Waals surface area (Å²) >= 11 is 12.5. The molecule has 0 spiro atoms. The lowest BCUT2D eigenvalue weighted by Crippen LogP contribution is -2.43. The molecule has 1 N–H and O–H groups in total. The number of hydrogen-bond acceptors (Lipinski definition) is 7. The molecule has 2 atom stereocenters. The van der Waals surface area contributed by atoms with Crippen LogP contribution in [0.5, 0.6) is 0 Å². The predicted molar refractivity (Wildman–Crippen MR) is 187 cm³/mol. The van der Waals surface area contributed by atoms with E-state index in [2.05, 4.69) is 10.3 Å². The smallest absolute Gasteiger partial charge is 0.410 e. The molecule has 2 amide bonds. The molecule has 1 aliphatic rings. The Labute approximate surface area is 294 Å². The standard InChI is InChI=1S/C37H35Cl2N5O5/c1-2-48-36(46)30(42-35(45)32-27(38)12-8-13-28(32)39)22-24-16-18-26(19-17-24)44-33-29(14-9-20-40-33)41-34(44)31-15-6-7-21-43(31)37(47)49-23-25-10-4-3-5-11-25/h3-5,8-14,16-20,30-31H,2,6-7,15,21-23H2,1H3,(H,42,45)/t30-,31+/m0/s1. The molecule has 49 heavy (non-hydrogen) atoms. The highest BCUT2D eigenvalue weighted by molar-refractivity contribution is 6.39. The van der Waals surface area contributed by atoms with Crippen LogP contribution >= 0.6 is 23.2 Å². The first-order valence-corrected chi connectivity index (χ1v) is 16.9. The Hall–Kier alpha value is -4.93. The van der Waals surface area contributed by atoms with Crippen LogP contribution in [0.4, 0.5) is 4.79 Å². The van der Waals surface area contributed by atoms with Gasteiger partial charge in [0, 0.05) is 24.8 Å². The SMILES string of the molecule is CCOC(=O)[C@H](Cc1ccc(-n2c([C@H]3CCCCN3C(=O)OCc3ccccc3)nc3cccnc32)cc1)NC(=O)c1c(Cl)cccc1Cl. The van der Waals surface area contributed by atoms with E-state index in [0.29, 0.717) is 23.5 Å². The number of imidazole rings is 1.